The van der Waals surface area contributed by atoms with E-state index in [9.17, 15) is 4.79 Å². The van der Waals surface area contributed by atoms with Gasteiger partial charge < -0.3 is 0 Å². The minimum absolute atomic E-state index is 0.170. The molecule has 0 aliphatic carbocycles. The number of rotatable bonds is 5. The van der Waals surface area contributed by atoms with Crippen LogP contribution in [0.15, 0.2) is 0 Å². The van der Waals surface area contributed by atoms with E-state index in [1.54, 1.807) is 0 Å². The molecule has 0 aromatic rings. The molecule has 2 heteroatoms. The van der Waals surface area contributed by atoms with Gasteiger partial charge in [-0.05, 0) is 11.8 Å². The van der Waals surface area contributed by atoms with E-state index in [1.165, 1.54) is 0 Å². The largest absolute Gasteiger partial charge is 0.298 e. The summed E-state index contributed by atoms with van der Waals surface area (Å²) in [7, 11) is 0. The maximum atomic E-state index is 11.0. The van der Waals surface area contributed by atoms with Gasteiger partial charge in [0.05, 0.1) is 5.88 Å². The van der Waals surface area contributed by atoms with E-state index in [-0.39, 0.29) is 11.7 Å². The number of halogens is 1. The van der Waals surface area contributed by atoms with Crippen LogP contribution in [0, 0.1) is 11.8 Å². The number of ketones is 1. The average molecular weight is 177 g/mol. The lowest BCUT2D eigenvalue weighted by atomic mass is 9.89. The molecule has 0 N–H and O–H groups in total. The van der Waals surface area contributed by atoms with E-state index in [0.717, 1.165) is 6.42 Å². The Morgan fingerprint density at radius 1 is 1.45 bits per heavy atom. The third kappa shape index (κ3) is 4.41. The third-order valence-electron chi connectivity index (χ3n) is 2.11. The van der Waals surface area contributed by atoms with Gasteiger partial charge in [-0.2, -0.15) is 0 Å². The molecule has 0 fully saturated rings. The van der Waals surface area contributed by atoms with Gasteiger partial charge in [0.15, 0.2) is 0 Å². The SMILES string of the molecule is CCC(CC(=O)CCl)C(C)C. The Labute approximate surface area is 74.1 Å². The quantitative estimate of drug-likeness (QED) is 0.589. The highest BCUT2D eigenvalue weighted by Crippen LogP contribution is 2.19. The molecular weight excluding hydrogens is 160 g/mol. The van der Waals surface area contributed by atoms with Crippen molar-refractivity contribution in [3.8, 4) is 0 Å². The highest BCUT2D eigenvalue weighted by molar-refractivity contribution is 6.27. The molecule has 66 valence electrons. The van der Waals surface area contributed by atoms with Crippen molar-refractivity contribution in [3.63, 3.8) is 0 Å². The molecule has 0 aromatic carbocycles. The minimum atomic E-state index is 0.170. The highest BCUT2D eigenvalue weighted by Gasteiger charge is 2.14. The normalized spacial score (nSPS) is 13.5. The van der Waals surface area contributed by atoms with Crippen LogP contribution in [0.1, 0.15) is 33.6 Å². The summed E-state index contributed by atoms with van der Waals surface area (Å²) in [5, 5.41) is 0. The standard InChI is InChI=1S/C9H17ClO/c1-4-8(7(2)3)5-9(11)6-10/h7-8H,4-6H2,1-3H3. The van der Waals surface area contributed by atoms with Crippen LogP contribution in [0.2, 0.25) is 0 Å². The van der Waals surface area contributed by atoms with Crippen LogP contribution in [0.25, 0.3) is 0 Å². The van der Waals surface area contributed by atoms with Crippen molar-refractivity contribution in [3.05, 3.63) is 0 Å². The summed E-state index contributed by atoms with van der Waals surface area (Å²) in [6.45, 7) is 6.41. The predicted molar refractivity (Wildman–Crippen MR) is 49.0 cm³/mol. The first-order valence-corrected chi connectivity index (χ1v) is 4.72. The topological polar surface area (TPSA) is 17.1 Å². The van der Waals surface area contributed by atoms with Gasteiger partial charge in [-0.15, -0.1) is 11.6 Å². The van der Waals surface area contributed by atoms with Crippen molar-refractivity contribution < 1.29 is 4.79 Å². The van der Waals surface area contributed by atoms with Crippen LogP contribution in [-0.2, 0) is 4.79 Å². The third-order valence-corrected chi connectivity index (χ3v) is 2.40. The van der Waals surface area contributed by atoms with Crippen LogP contribution in [-0.4, -0.2) is 11.7 Å². The summed E-state index contributed by atoms with van der Waals surface area (Å²) in [6, 6.07) is 0. The number of carbonyl (C=O) groups is 1. The Bertz CT molecular complexity index is 121. The second-order valence-corrected chi connectivity index (χ2v) is 3.56. The fourth-order valence-corrected chi connectivity index (χ4v) is 1.31. The molecule has 0 aromatic heterocycles. The van der Waals surface area contributed by atoms with Crippen LogP contribution in [0.5, 0.6) is 0 Å². The van der Waals surface area contributed by atoms with Crippen molar-refractivity contribution >= 4 is 17.4 Å². The molecule has 0 radical (unpaired) electrons. The zero-order chi connectivity index (χ0) is 8.85. The van der Waals surface area contributed by atoms with E-state index >= 15 is 0 Å². The molecule has 11 heavy (non-hydrogen) atoms. The van der Waals surface area contributed by atoms with Crippen LogP contribution < -0.4 is 0 Å². The summed E-state index contributed by atoms with van der Waals surface area (Å²) in [6.07, 6.45) is 1.72. The molecule has 0 saturated carbocycles. The lowest BCUT2D eigenvalue weighted by molar-refractivity contribution is -0.117. The van der Waals surface area contributed by atoms with Gasteiger partial charge in [0.2, 0.25) is 0 Å². The molecule has 0 aliphatic heterocycles. The molecule has 1 unspecified atom stereocenters. The molecular formula is C9H17ClO. The average Bonchev–Trinajstić information content (AvgIpc) is 1.99. The summed E-state index contributed by atoms with van der Waals surface area (Å²) < 4.78 is 0. The second-order valence-electron chi connectivity index (χ2n) is 3.29. The van der Waals surface area contributed by atoms with Gasteiger partial charge >= 0.3 is 0 Å². The molecule has 0 bridgehead atoms. The van der Waals surface area contributed by atoms with Gasteiger partial charge in [-0.3, -0.25) is 4.79 Å². The molecule has 0 rings (SSSR count). The van der Waals surface area contributed by atoms with Crippen LogP contribution in [0.4, 0.5) is 0 Å². The molecule has 0 aliphatic rings. The number of hydrogen-bond donors (Lipinski definition) is 0. The van der Waals surface area contributed by atoms with E-state index in [0.29, 0.717) is 18.3 Å². The summed E-state index contributed by atoms with van der Waals surface area (Å²) in [4.78, 5) is 11.0. The van der Waals surface area contributed by atoms with Crippen molar-refractivity contribution in [2.75, 3.05) is 5.88 Å². The monoisotopic (exact) mass is 176 g/mol. The fourth-order valence-electron chi connectivity index (χ4n) is 1.20. The van der Waals surface area contributed by atoms with E-state index in [2.05, 4.69) is 20.8 Å². The van der Waals surface area contributed by atoms with Gasteiger partial charge in [-0.25, -0.2) is 0 Å². The Morgan fingerprint density at radius 3 is 2.27 bits per heavy atom. The Kier molecular flexibility index (Phi) is 5.57. The fraction of sp³-hybridized carbons (Fsp3) is 0.889. The van der Waals surface area contributed by atoms with Crippen molar-refractivity contribution in [2.24, 2.45) is 11.8 Å². The Balaban J connectivity index is 3.78. The maximum absolute atomic E-state index is 11.0. The van der Waals surface area contributed by atoms with Crippen molar-refractivity contribution in [1.29, 1.82) is 0 Å². The summed E-state index contributed by atoms with van der Waals surface area (Å²) in [5.74, 6) is 1.45. The van der Waals surface area contributed by atoms with Crippen molar-refractivity contribution in [2.45, 2.75) is 33.6 Å². The molecule has 0 saturated heterocycles. The molecule has 0 spiro atoms. The highest BCUT2D eigenvalue weighted by atomic mass is 35.5. The van der Waals surface area contributed by atoms with E-state index in [4.69, 9.17) is 11.6 Å². The lowest BCUT2D eigenvalue weighted by Crippen LogP contribution is -2.13. The first-order valence-electron chi connectivity index (χ1n) is 4.19. The molecule has 1 atom stereocenters. The van der Waals surface area contributed by atoms with Crippen molar-refractivity contribution in [1.82, 2.24) is 0 Å². The minimum Gasteiger partial charge on any atom is -0.298 e. The van der Waals surface area contributed by atoms with Gasteiger partial charge in [0, 0.05) is 6.42 Å². The van der Waals surface area contributed by atoms with Gasteiger partial charge in [0.1, 0.15) is 5.78 Å². The van der Waals surface area contributed by atoms with Crippen LogP contribution >= 0.6 is 11.6 Å². The van der Waals surface area contributed by atoms with E-state index in [1.807, 2.05) is 0 Å². The first-order chi connectivity index (χ1) is 5.11. The molecule has 0 amide bonds. The number of carbonyl (C=O) groups excluding carboxylic acids is 1. The molecule has 0 heterocycles. The number of alkyl halides is 1. The first kappa shape index (κ1) is 11.0. The van der Waals surface area contributed by atoms with Gasteiger partial charge in [0.25, 0.3) is 0 Å². The number of Topliss-reactive ketones (excluding diaryl/α,β-unsaturated/α-hetero) is 1. The zero-order valence-electron chi connectivity index (χ0n) is 7.56. The smallest absolute Gasteiger partial charge is 0.147 e. The predicted octanol–water partition coefficient (Wildman–Crippen LogP) is 2.87. The Morgan fingerprint density at radius 2 is 2.00 bits per heavy atom. The maximum Gasteiger partial charge on any atom is 0.147 e. The number of hydrogen-bond acceptors (Lipinski definition) is 1. The van der Waals surface area contributed by atoms with Crippen LogP contribution in [0.3, 0.4) is 0 Å². The molecule has 1 nitrogen and oxygen atoms in total. The van der Waals surface area contributed by atoms with E-state index < -0.39 is 0 Å². The zero-order valence-corrected chi connectivity index (χ0v) is 8.32. The lowest BCUT2D eigenvalue weighted by Gasteiger charge is -2.16. The van der Waals surface area contributed by atoms with Gasteiger partial charge in [-0.1, -0.05) is 27.2 Å². The summed E-state index contributed by atoms with van der Waals surface area (Å²) in [5.41, 5.74) is 0. The Hall–Kier alpha value is -0.0400. The summed E-state index contributed by atoms with van der Waals surface area (Å²) >= 11 is 5.41. The second kappa shape index (κ2) is 5.59.